The molecule has 1 amide bonds. The minimum Gasteiger partial charge on any atom is -0.480 e. The number of nitrogens with zero attached hydrogens (tertiary/aromatic N) is 5. The van der Waals surface area contributed by atoms with Crippen LogP contribution in [0.5, 0.6) is 11.8 Å². The Labute approximate surface area is 291 Å². The van der Waals surface area contributed by atoms with E-state index in [1.54, 1.807) is 18.3 Å². The van der Waals surface area contributed by atoms with Crippen LogP contribution < -0.4 is 14.8 Å². The maximum atomic E-state index is 13.1. The van der Waals surface area contributed by atoms with Gasteiger partial charge >= 0.3 is 6.18 Å². The Balaban J connectivity index is 1.39. The van der Waals surface area contributed by atoms with Crippen LogP contribution >= 0.6 is 23.2 Å². The summed E-state index contributed by atoms with van der Waals surface area (Å²) in [4.78, 5) is 30.7. The number of carbonyl (C=O) groups excluding carboxylic acids is 1. The highest BCUT2D eigenvalue weighted by atomic mass is 35.5. The number of alkyl halides is 3. The van der Waals surface area contributed by atoms with Crippen molar-refractivity contribution in [3.05, 3.63) is 70.2 Å². The summed E-state index contributed by atoms with van der Waals surface area (Å²) in [5.74, 6) is 0.517. The van der Waals surface area contributed by atoms with Crippen LogP contribution in [0.15, 0.2) is 48.8 Å². The second-order valence-electron chi connectivity index (χ2n) is 11.5. The Hall–Kier alpha value is -4.04. The summed E-state index contributed by atoms with van der Waals surface area (Å²) < 4.78 is 50.2. The molecular weight excluding hydrogens is 684 g/mol. The third kappa shape index (κ3) is 8.96. The van der Waals surface area contributed by atoms with Crippen LogP contribution in [0.2, 0.25) is 10.0 Å². The van der Waals surface area contributed by atoms with E-state index in [2.05, 4.69) is 20.3 Å². The summed E-state index contributed by atoms with van der Waals surface area (Å²) in [6, 6.07) is 11.0. The summed E-state index contributed by atoms with van der Waals surface area (Å²) in [7, 11) is 2.89. The Bertz CT molecular complexity index is 1800. The molecule has 3 heterocycles. The van der Waals surface area contributed by atoms with Gasteiger partial charge in [0.2, 0.25) is 17.7 Å². The standard InChI is InChI=1S/C34H35Cl2F3N6O4/c1-48-32-25(11-3-6-20-12-13-29(47)42-20)40-16-26(43-32)23-9-4-7-21(30(23)35)22-8-5-10-24(31(22)36)27-17-41-28(33(44-27)49-2)18-45(14-15-46)19-34(37,38)39/h4-5,7-10,16-17,20,46H,3,6,11-15,18-19H2,1-2H3,(H,42,47)/t20-/m1/s1. The predicted molar refractivity (Wildman–Crippen MR) is 180 cm³/mol. The number of methoxy groups -OCH3 is 2. The molecule has 5 rings (SSSR count). The fourth-order valence-corrected chi connectivity index (χ4v) is 6.42. The van der Waals surface area contributed by atoms with Gasteiger partial charge in [0.05, 0.1) is 61.2 Å². The zero-order valence-electron chi connectivity index (χ0n) is 26.9. The lowest BCUT2D eigenvalue weighted by Crippen LogP contribution is -2.36. The molecule has 0 bridgehead atoms. The van der Waals surface area contributed by atoms with Gasteiger partial charge in [0.1, 0.15) is 11.4 Å². The molecule has 260 valence electrons. The van der Waals surface area contributed by atoms with Gasteiger partial charge in [0.25, 0.3) is 0 Å². The number of halogens is 5. The van der Waals surface area contributed by atoms with Gasteiger partial charge in [-0.1, -0.05) is 59.6 Å². The first-order chi connectivity index (χ1) is 23.5. The van der Waals surface area contributed by atoms with Gasteiger partial charge in [-0.05, 0) is 25.7 Å². The summed E-state index contributed by atoms with van der Waals surface area (Å²) >= 11 is 13.9. The molecule has 2 aromatic heterocycles. The van der Waals surface area contributed by atoms with E-state index < -0.39 is 19.3 Å². The first kappa shape index (κ1) is 36.2. The number of nitrogens with one attached hydrogen (secondary N) is 1. The lowest BCUT2D eigenvalue weighted by atomic mass is 9.98. The maximum Gasteiger partial charge on any atom is 0.401 e. The van der Waals surface area contributed by atoms with E-state index in [1.807, 2.05) is 24.3 Å². The number of amides is 1. The molecule has 2 aromatic carbocycles. The van der Waals surface area contributed by atoms with Gasteiger partial charge in [0.15, 0.2) is 0 Å². The number of hydrogen-bond acceptors (Lipinski definition) is 9. The molecule has 2 N–H and O–H groups in total. The van der Waals surface area contributed by atoms with Gasteiger partial charge in [-0.25, -0.2) is 9.97 Å². The second kappa shape index (κ2) is 16.1. The predicted octanol–water partition coefficient (Wildman–Crippen LogP) is 6.55. The number of aliphatic hydroxyl groups excluding tert-OH is 1. The van der Waals surface area contributed by atoms with Crippen LogP contribution in [0.3, 0.4) is 0 Å². The first-order valence-electron chi connectivity index (χ1n) is 15.6. The fraction of sp³-hybridized carbons (Fsp3) is 0.382. The highest BCUT2D eigenvalue weighted by Crippen LogP contribution is 2.42. The SMILES string of the molecule is COc1nc(-c2cccc(-c3cccc(-c4cnc(CN(CCO)CC(F)(F)F)c(OC)n4)c3Cl)c2Cl)cnc1CCC[C@@H]1CCC(=O)N1. The van der Waals surface area contributed by atoms with Crippen molar-refractivity contribution in [1.82, 2.24) is 30.2 Å². The van der Waals surface area contributed by atoms with E-state index in [0.717, 1.165) is 24.2 Å². The zero-order valence-corrected chi connectivity index (χ0v) is 28.4. The average molecular weight is 720 g/mol. The van der Waals surface area contributed by atoms with Crippen molar-refractivity contribution >= 4 is 29.1 Å². The molecule has 1 fully saturated rings. The van der Waals surface area contributed by atoms with Gasteiger partial charge in [-0.3, -0.25) is 19.7 Å². The fourth-order valence-electron chi connectivity index (χ4n) is 5.77. The van der Waals surface area contributed by atoms with Gasteiger partial charge in [0, 0.05) is 47.8 Å². The summed E-state index contributed by atoms with van der Waals surface area (Å²) in [6.07, 6.45) is 2.32. The molecule has 1 atom stereocenters. The molecular formula is C34H35Cl2F3N6O4. The van der Waals surface area contributed by atoms with Crippen molar-refractivity contribution in [3.8, 4) is 45.4 Å². The third-order valence-corrected chi connectivity index (χ3v) is 8.91. The number of rotatable bonds is 14. The monoisotopic (exact) mass is 718 g/mol. The van der Waals surface area contributed by atoms with E-state index in [4.69, 9.17) is 37.7 Å². The van der Waals surface area contributed by atoms with Crippen molar-refractivity contribution in [2.24, 2.45) is 0 Å². The maximum absolute atomic E-state index is 13.1. The van der Waals surface area contributed by atoms with Crippen LogP contribution in [-0.2, 0) is 17.8 Å². The van der Waals surface area contributed by atoms with Crippen LogP contribution in [0.25, 0.3) is 33.6 Å². The number of aliphatic hydroxyl groups is 1. The largest absolute Gasteiger partial charge is 0.480 e. The number of ether oxygens (including phenoxy) is 2. The lowest BCUT2D eigenvalue weighted by Gasteiger charge is -2.23. The quantitative estimate of drug-likeness (QED) is 0.149. The Morgan fingerprint density at radius 1 is 0.918 bits per heavy atom. The highest BCUT2D eigenvalue weighted by Gasteiger charge is 2.31. The lowest BCUT2D eigenvalue weighted by molar-refractivity contribution is -0.148. The number of benzene rings is 2. The molecule has 1 aliphatic rings. The topological polar surface area (TPSA) is 123 Å². The molecule has 15 heteroatoms. The molecule has 4 aromatic rings. The van der Waals surface area contributed by atoms with Gasteiger partial charge in [-0.15, -0.1) is 0 Å². The van der Waals surface area contributed by atoms with E-state index in [9.17, 15) is 23.1 Å². The first-order valence-corrected chi connectivity index (χ1v) is 16.3. The normalized spacial score (nSPS) is 14.7. The minimum absolute atomic E-state index is 0.0328. The third-order valence-electron chi connectivity index (χ3n) is 8.09. The van der Waals surface area contributed by atoms with E-state index in [1.165, 1.54) is 20.4 Å². The number of carbonyl (C=O) groups is 1. The molecule has 1 aliphatic heterocycles. The molecule has 10 nitrogen and oxygen atoms in total. The Kier molecular flexibility index (Phi) is 11.9. The van der Waals surface area contributed by atoms with Gasteiger partial charge in [-0.2, -0.15) is 13.2 Å². The van der Waals surface area contributed by atoms with Crippen molar-refractivity contribution < 1.29 is 32.5 Å². The van der Waals surface area contributed by atoms with E-state index >= 15 is 0 Å². The molecule has 0 saturated carbocycles. The van der Waals surface area contributed by atoms with Crippen LogP contribution in [0.1, 0.15) is 37.1 Å². The number of hydrogen-bond donors (Lipinski definition) is 2. The van der Waals surface area contributed by atoms with Crippen LogP contribution in [0.4, 0.5) is 13.2 Å². The Morgan fingerprint density at radius 3 is 1.98 bits per heavy atom. The minimum atomic E-state index is -4.46. The van der Waals surface area contributed by atoms with Crippen LogP contribution in [-0.4, -0.2) is 82.0 Å². The summed E-state index contributed by atoms with van der Waals surface area (Å²) in [5, 5.41) is 12.9. The summed E-state index contributed by atoms with van der Waals surface area (Å²) in [6.45, 7) is -2.12. The molecule has 0 unspecified atom stereocenters. The molecule has 0 aliphatic carbocycles. The Morgan fingerprint density at radius 2 is 1.47 bits per heavy atom. The van der Waals surface area contributed by atoms with Gasteiger partial charge < -0.3 is 19.9 Å². The molecule has 0 radical (unpaired) electrons. The zero-order chi connectivity index (χ0) is 35.1. The molecule has 1 saturated heterocycles. The van der Waals surface area contributed by atoms with E-state index in [-0.39, 0.29) is 36.6 Å². The molecule has 0 spiro atoms. The summed E-state index contributed by atoms with van der Waals surface area (Å²) in [5.41, 5.74) is 4.08. The second-order valence-corrected chi connectivity index (χ2v) is 12.3. The van der Waals surface area contributed by atoms with E-state index in [0.29, 0.717) is 68.1 Å². The van der Waals surface area contributed by atoms with Crippen molar-refractivity contribution in [2.45, 2.75) is 50.9 Å². The van der Waals surface area contributed by atoms with Crippen molar-refractivity contribution in [3.63, 3.8) is 0 Å². The van der Waals surface area contributed by atoms with Crippen molar-refractivity contribution in [1.29, 1.82) is 0 Å². The number of aryl methyl sites for hydroxylation is 1. The smallest absolute Gasteiger partial charge is 0.401 e. The number of aromatic nitrogens is 4. The van der Waals surface area contributed by atoms with Crippen LogP contribution in [0, 0.1) is 0 Å². The van der Waals surface area contributed by atoms with Crippen molar-refractivity contribution in [2.75, 3.05) is 33.9 Å². The highest BCUT2D eigenvalue weighted by molar-refractivity contribution is 6.39. The molecule has 49 heavy (non-hydrogen) atoms. The average Bonchev–Trinajstić information content (AvgIpc) is 3.49.